The fourth-order valence-electron chi connectivity index (χ4n) is 0.936. The zero-order valence-corrected chi connectivity index (χ0v) is 8.65. The van der Waals surface area contributed by atoms with Crippen LogP contribution in [0.5, 0.6) is 0 Å². The normalized spacial score (nSPS) is 13.6. The molecule has 1 atom stereocenters. The van der Waals surface area contributed by atoms with Crippen LogP contribution in [0.15, 0.2) is 9.51 Å². The van der Waals surface area contributed by atoms with Gasteiger partial charge in [-0.25, -0.2) is 13.8 Å². The molecule has 0 spiro atoms. The molecule has 6 heteroatoms. The molecule has 1 aromatic rings. The van der Waals surface area contributed by atoms with Gasteiger partial charge in [-0.1, -0.05) is 18.7 Å². The van der Waals surface area contributed by atoms with Gasteiger partial charge in [0.15, 0.2) is 10.8 Å². The van der Waals surface area contributed by atoms with E-state index < -0.39 is 12.5 Å². The standard InChI is InChI=1S/C8H11F2NO2S/c1-3-4(12)7-11-5(6(9)10)8(13-7)14-2/h4,6,12H,3H2,1-2H3. The second kappa shape index (κ2) is 4.75. The first kappa shape index (κ1) is 11.5. The number of aliphatic hydroxyl groups excluding tert-OH is 1. The van der Waals surface area contributed by atoms with Crippen LogP contribution in [-0.2, 0) is 0 Å². The zero-order chi connectivity index (χ0) is 10.7. The first-order chi connectivity index (χ1) is 6.60. The largest absolute Gasteiger partial charge is 0.431 e. The summed E-state index contributed by atoms with van der Waals surface area (Å²) in [5.74, 6) is -0.0350. The van der Waals surface area contributed by atoms with Crippen LogP contribution in [0.2, 0.25) is 0 Å². The van der Waals surface area contributed by atoms with Gasteiger partial charge >= 0.3 is 0 Å². The van der Waals surface area contributed by atoms with Crippen LogP contribution in [0.4, 0.5) is 8.78 Å². The molecule has 14 heavy (non-hydrogen) atoms. The van der Waals surface area contributed by atoms with Gasteiger partial charge in [0.1, 0.15) is 6.10 Å². The van der Waals surface area contributed by atoms with Crippen LogP contribution in [-0.4, -0.2) is 16.3 Å². The van der Waals surface area contributed by atoms with Crippen molar-refractivity contribution in [3.05, 3.63) is 11.6 Å². The van der Waals surface area contributed by atoms with Gasteiger partial charge in [0.25, 0.3) is 6.43 Å². The molecule has 80 valence electrons. The lowest BCUT2D eigenvalue weighted by molar-refractivity contribution is 0.134. The molecule has 0 amide bonds. The fraction of sp³-hybridized carbons (Fsp3) is 0.625. The Labute approximate surface area is 84.5 Å². The predicted octanol–water partition coefficient (Wildman–Crippen LogP) is 2.78. The van der Waals surface area contributed by atoms with Gasteiger partial charge in [-0.3, -0.25) is 0 Å². The Kier molecular flexibility index (Phi) is 3.88. The molecule has 0 aliphatic rings. The van der Waals surface area contributed by atoms with Crippen molar-refractivity contribution in [1.82, 2.24) is 4.98 Å². The molecular weight excluding hydrogens is 212 g/mol. The van der Waals surface area contributed by atoms with Crippen LogP contribution in [0, 0.1) is 0 Å². The fourth-order valence-corrected chi connectivity index (χ4v) is 1.45. The Morgan fingerprint density at radius 3 is 2.57 bits per heavy atom. The van der Waals surface area contributed by atoms with E-state index in [-0.39, 0.29) is 16.7 Å². The molecule has 0 fully saturated rings. The summed E-state index contributed by atoms with van der Waals surface area (Å²) in [6.45, 7) is 1.72. The van der Waals surface area contributed by atoms with E-state index in [0.29, 0.717) is 6.42 Å². The Hall–Kier alpha value is -0.620. The second-order valence-corrected chi connectivity index (χ2v) is 3.43. The van der Waals surface area contributed by atoms with E-state index >= 15 is 0 Å². The average Bonchev–Trinajstić information content (AvgIpc) is 2.60. The number of thioether (sulfide) groups is 1. The zero-order valence-electron chi connectivity index (χ0n) is 7.83. The number of halogens is 2. The summed E-state index contributed by atoms with van der Waals surface area (Å²) in [4.78, 5) is 3.56. The molecule has 1 heterocycles. The summed E-state index contributed by atoms with van der Waals surface area (Å²) in [5, 5.41) is 9.41. The van der Waals surface area contributed by atoms with E-state index in [2.05, 4.69) is 4.98 Å². The average molecular weight is 223 g/mol. The third-order valence-electron chi connectivity index (χ3n) is 1.70. The van der Waals surface area contributed by atoms with Crippen molar-refractivity contribution in [2.24, 2.45) is 0 Å². The molecule has 1 rings (SSSR count). The van der Waals surface area contributed by atoms with Gasteiger partial charge in [0.2, 0.25) is 5.89 Å². The van der Waals surface area contributed by atoms with Gasteiger partial charge in [-0.05, 0) is 12.7 Å². The third kappa shape index (κ3) is 2.24. The molecule has 1 aromatic heterocycles. The lowest BCUT2D eigenvalue weighted by atomic mass is 10.3. The van der Waals surface area contributed by atoms with Crippen LogP contribution in [0.1, 0.15) is 37.5 Å². The van der Waals surface area contributed by atoms with Crippen LogP contribution in [0.25, 0.3) is 0 Å². The molecule has 1 N–H and O–H groups in total. The van der Waals surface area contributed by atoms with Gasteiger partial charge < -0.3 is 9.52 Å². The third-order valence-corrected chi connectivity index (χ3v) is 2.36. The van der Waals surface area contributed by atoms with Crippen molar-refractivity contribution < 1.29 is 18.3 Å². The smallest absolute Gasteiger partial charge is 0.284 e. The lowest BCUT2D eigenvalue weighted by Crippen LogP contribution is -1.95. The van der Waals surface area contributed by atoms with E-state index in [1.165, 1.54) is 0 Å². The molecule has 0 aromatic carbocycles. The molecule has 0 radical (unpaired) electrons. The number of aromatic nitrogens is 1. The first-order valence-corrected chi connectivity index (χ1v) is 5.33. The van der Waals surface area contributed by atoms with E-state index in [1.807, 2.05) is 0 Å². The summed E-state index contributed by atoms with van der Waals surface area (Å²) in [6.07, 6.45) is -1.57. The number of hydrogen-bond acceptors (Lipinski definition) is 4. The molecular formula is C8H11F2NO2S. The molecule has 3 nitrogen and oxygen atoms in total. The number of hydrogen-bond donors (Lipinski definition) is 1. The molecule has 0 aliphatic carbocycles. The van der Waals surface area contributed by atoms with Crippen molar-refractivity contribution >= 4 is 11.8 Å². The van der Waals surface area contributed by atoms with Crippen molar-refractivity contribution in [3.63, 3.8) is 0 Å². The SMILES string of the molecule is CCC(O)c1nc(C(F)F)c(SC)o1. The molecule has 0 saturated carbocycles. The number of rotatable bonds is 4. The van der Waals surface area contributed by atoms with Gasteiger partial charge in [-0.2, -0.15) is 0 Å². The van der Waals surface area contributed by atoms with E-state index in [9.17, 15) is 13.9 Å². The number of alkyl halides is 2. The van der Waals surface area contributed by atoms with E-state index in [4.69, 9.17) is 4.42 Å². The summed E-state index contributed by atoms with van der Waals surface area (Å²) in [5.41, 5.74) is -0.389. The highest BCUT2D eigenvalue weighted by atomic mass is 32.2. The number of nitrogens with zero attached hydrogens (tertiary/aromatic N) is 1. The van der Waals surface area contributed by atoms with Crippen molar-refractivity contribution in [2.45, 2.75) is 31.0 Å². The highest BCUT2D eigenvalue weighted by Crippen LogP contribution is 2.31. The maximum absolute atomic E-state index is 12.4. The quantitative estimate of drug-likeness (QED) is 0.797. The van der Waals surface area contributed by atoms with Crippen LogP contribution in [0.3, 0.4) is 0 Å². The van der Waals surface area contributed by atoms with Gasteiger partial charge in [0.05, 0.1) is 0 Å². The summed E-state index contributed by atoms with van der Waals surface area (Å²) in [7, 11) is 0. The van der Waals surface area contributed by atoms with E-state index in [0.717, 1.165) is 11.8 Å². The number of aliphatic hydroxyl groups is 1. The Morgan fingerprint density at radius 1 is 1.57 bits per heavy atom. The summed E-state index contributed by atoms with van der Waals surface area (Å²) >= 11 is 1.05. The van der Waals surface area contributed by atoms with E-state index in [1.54, 1.807) is 13.2 Å². The van der Waals surface area contributed by atoms with Gasteiger partial charge in [-0.15, -0.1) is 0 Å². The Balaban J connectivity index is 3.00. The summed E-state index contributed by atoms with van der Waals surface area (Å²) < 4.78 is 29.8. The highest BCUT2D eigenvalue weighted by Gasteiger charge is 2.23. The number of oxazole rings is 1. The predicted molar refractivity (Wildman–Crippen MR) is 48.5 cm³/mol. The van der Waals surface area contributed by atoms with Crippen LogP contribution >= 0.6 is 11.8 Å². The maximum Gasteiger partial charge on any atom is 0.284 e. The van der Waals surface area contributed by atoms with Crippen LogP contribution < -0.4 is 0 Å². The topological polar surface area (TPSA) is 46.3 Å². The Bertz CT molecular complexity index is 304. The molecule has 0 saturated heterocycles. The van der Waals surface area contributed by atoms with Crippen molar-refractivity contribution in [2.75, 3.05) is 6.26 Å². The minimum absolute atomic E-state index is 0.0350. The van der Waals surface area contributed by atoms with Gasteiger partial charge in [0, 0.05) is 0 Å². The monoisotopic (exact) mass is 223 g/mol. The molecule has 0 bridgehead atoms. The lowest BCUT2D eigenvalue weighted by Gasteiger charge is -1.99. The highest BCUT2D eigenvalue weighted by molar-refractivity contribution is 7.98. The van der Waals surface area contributed by atoms with Crippen molar-refractivity contribution in [1.29, 1.82) is 0 Å². The molecule has 0 aliphatic heterocycles. The van der Waals surface area contributed by atoms with Crippen molar-refractivity contribution in [3.8, 4) is 0 Å². The minimum Gasteiger partial charge on any atom is -0.431 e. The second-order valence-electron chi connectivity index (χ2n) is 2.65. The molecule has 1 unspecified atom stereocenters. The summed E-state index contributed by atoms with van der Waals surface area (Å²) in [6, 6.07) is 0. The minimum atomic E-state index is -2.67. The Morgan fingerprint density at radius 2 is 2.21 bits per heavy atom. The maximum atomic E-state index is 12.4. The first-order valence-electron chi connectivity index (χ1n) is 4.11.